The summed E-state index contributed by atoms with van der Waals surface area (Å²) in [5, 5.41) is 4.47. The van der Waals surface area contributed by atoms with Gasteiger partial charge in [0.05, 0.1) is 19.1 Å². The summed E-state index contributed by atoms with van der Waals surface area (Å²) in [6.45, 7) is 8.35. The first kappa shape index (κ1) is 10.8. The second-order valence-electron chi connectivity index (χ2n) is 3.66. The van der Waals surface area contributed by atoms with Crippen LogP contribution in [-0.4, -0.2) is 16.9 Å². The second-order valence-corrected chi connectivity index (χ2v) is 3.66. The summed E-state index contributed by atoms with van der Waals surface area (Å²) in [5.74, 6) is 0. The number of nitrogens with zero attached hydrogens (tertiary/aromatic N) is 2. The molecule has 0 aromatic carbocycles. The van der Waals surface area contributed by atoms with Crippen molar-refractivity contribution in [3.8, 4) is 0 Å². The van der Waals surface area contributed by atoms with Gasteiger partial charge in [-0.2, -0.15) is 5.10 Å². The third-order valence-corrected chi connectivity index (χ3v) is 2.24. The molecule has 0 aliphatic carbocycles. The Hall–Kier alpha value is -1.25. The fraction of sp³-hybridized carbons (Fsp3) is 0.545. The SMILES string of the molecule is CO/C=C/c1c(C)nn(C(C)C)c1C. The molecule has 78 valence electrons. The minimum absolute atomic E-state index is 0.401. The lowest BCUT2D eigenvalue weighted by molar-refractivity contribution is 0.341. The van der Waals surface area contributed by atoms with Crippen molar-refractivity contribution >= 4 is 6.08 Å². The lowest BCUT2D eigenvalue weighted by Gasteiger charge is -2.07. The fourth-order valence-corrected chi connectivity index (χ4v) is 1.56. The molecule has 0 spiro atoms. The summed E-state index contributed by atoms with van der Waals surface area (Å²) in [6, 6.07) is 0.401. The lowest BCUT2D eigenvalue weighted by atomic mass is 10.2. The van der Waals surface area contributed by atoms with E-state index in [0.717, 1.165) is 11.3 Å². The number of methoxy groups -OCH3 is 1. The highest BCUT2D eigenvalue weighted by Crippen LogP contribution is 2.18. The molecule has 3 heteroatoms. The molecule has 3 nitrogen and oxygen atoms in total. The van der Waals surface area contributed by atoms with E-state index in [9.17, 15) is 0 Å². The molecule has 0 bridgehead atoms. The van der Waals surface area contributed by atoms with Gasteiger partial charge in [-0.1, -0.05) is 0 Å². The van der Waals surface area contributed by atoms with Gasteiger partial charge in [0.15, 0.2) is 0 Å². The van der Waals surface area contributed by atoms with E-state index in [1.54, 1.807) is 13.4 Å². The van der Waals surface area contributed by atoms with Crippen molar-refractivity contribution in [3.63, 3.8) is 0 Å². The third-order valence-electron chi connectivity index (χ3n) is 2.24. The van der Waals surface area contributed by atoms with Crippen LogP contribution in [0.15, 0.2) is 6.26 Å². The Labute approximate surface area is 85.4 Å². The molecule has 0 aliphatic rings. The van der Waals surface area contributed by atoms with Gasteiger partial charge in [-0.3, -0.25) is 4.68 Å². The van der Waals surface area contributed by atoms with Crippen molar-refractivity contribution < 1.29 is 4.74 Å². The van der Waals surface area contributed by atoms with Crippen LogP contribution in [0.1, 0.15) is 36.8 Å². The first-order chi connectivity index (χ1) is 6.57. The molecule has 1 aromatic rings. The maximum Gasteiger partial charge on any atom is 0.0831 e. The minimum atomic E-state index is 0.401. The van der Waals surface area contributed by atoms with Crippen LogP contribution in [-0.2, 0) is 4.74 Å². The normalized spacial score (nSPS) is 11.6. The predicted octanol–water partition coefficient (Wildman–Crippen LogP) is 2.70. The predicted molar refractivity (Wildman–Crippen MR) is 58.1 cm³/mol. The molecule has 1 heterocycles. The van der Waals surface area contributed by atoms with Crippen molar-refractivity contribution in [2.24, 2.45) is 0 Å². The molecular formula is C11H18N2O. The largest absolute Gasteiger partial charge is 0.504 e. The quantitative estimate of drug-likeness (QED) is 0.692. The van der Waals surface area contributed by atoms with Crippen molar-refractivity contribution in [3.05, 3.63) is 23.2 Å². The van der Waals surface area contributed by atoms with Gasteiger partial charge >= 0.3 is 0 Å². The first-order valence-corrected chi connectivity index (χ1v) is 4.83. The molecule has 1 aromatic heterocycles. The van der Waals surface area contributed by atoms with Crippen molar-refractivity contribution in [1.29, 1.82) is 0 Å². The number of hydrogen-bond acceptors (Lipinski definition) is 2. The van der Waals surface area contributed by atoms with Crippen molar-refractivity contribution in [1.82, 2.24) is 9.78 Å². The Kier molecular flexibility index (Phi) is 3.33. The Balaban J connectivity index is 3.11. The molecule has 0 radical (unpaired) electrons. The van der Waals surface area contributed by atoms with E-state index in [0.29, 0.717) is 6.04 Å². The van der Waals surface area contributed by atoms with E-state index < -0.39 is 0 Å². The molecule has 14 heavy (non-hydrogen) atoms. The highest BCUT2D eigenvalue weighted by atomic mass is 16.5. The summed E-state index contributed by atoms with van der Waals surface area (Å²) in [4.78, 5) is 0. The monoisotopic (exact) mass is 194 g/mol. The van der Waals surface area contributed by atoms with Gasteiger partial charge in [-0.25, -0.2) is 0 Å². The minimum Gasteiger partial charge on any atom is -0.504 e. The molecule has 1 rings (SSSR count). The summed E-state index contributed by atoms with van der Waals surface area (Å²) < 4.78 is 6.94. The third kappa shape index (κ3) is 1.97. The van der Waals surface area contributed by atoms with E-state index >= 15 is 0 Å². The maximum absolute atomic E-state index is 4.91. The van der Waals surface area contributed by atoms with E-state index in [1.165, 1.54) is 5.69 Å². The van der Waals surface area contributed by atoms with E-state index in [-0.39, 0.29) is 0 Å². The van der Waals surface area contributed by atoms with E-state index in [1.807, 2.05) is 17.7 Å². The van der Waals surface area contributed by atoms with E-state index in [4.69, 9.17) is 4.74 Å². The number of ether oxygens (including phenoxy) is 1. The Morgan fingerprint density at radius 1 is 1.36 bits per heavy atom. The van der Waals surface area contributed by atoms with Gasteiger partial charge in [0.25, 0.3) is 0 Å². The van der Waals surface area contributed by atoms with Gasteiger partial charge in [-0.15, -0.1) is 0 Å². The second kappa shape index (κ2) is 4.31. The van der Waals surface area contributed by atoms with Crippen molar-refractivity contribution in [2.75, 3.05) is 7.11 Å². The molecular weight excluding hydrogens is 176 g/mol. The van der Waals surface area contributed by atoms with Gasteiger partial charge in [0, 0.05) is 17.3 Å². The molecule has 0 saturated heterocycles. The zero-order chi connectivity index (χ0) is 10.7. The molecule has 0 N–H and O–H groups in total. The smallest absolute Gasteiger partial charge is 0.0831 e. The van der Waals surface area contributed by atoms with Gasteiger partial charge in [0.1, 0.15) is 0 Å². The van der Waals surface area contributed by atoms with Crippen LogP contribution in [0.5, 0.6) is 0 Å². The Morgan fingerprint density at radius 2 is 2.00 bits per heavy atom. The molecule has 0 amide bonds. The van der Waals surface area contributed by atoms with Gasteiger partial charge < -0.3 is 4.74 Å². The van der Waals surface area contributed by atoms with Gasteiger partial charge in [0.2, 0.25) is 0 Å². The van der Waals surface area contributed by atoms with Crippen LogP contribution < -0.4 is 0 Å². The Bertz CT molecular complexity index is 337. The highest BCUT2D eigenvalue weighted by molar-refractivity contribution is 5.53. The van der Waals surface area contributed by atoms with Gasteiger partial charge in [-0.05, 0) is 33.8 Å². The zero-order valence-electron chi connectivity index (χ0n) is 9.53. The van der Waals surface area contributed by atoms with Crippen LogP contribution in [0.2, 0.25) is 0 Å². The highest BCUT2D eigenvalue weighted by Gasteiger charge is 2.10. The average molecular weight is 194 g/mol. The van der Waals surface area contributed by atoms with Crippen LogP contribution in [0.3, 0.4) is 0 Å². The Morgan fingerprint density at radius 3 is 2.43 bits per heavy atom. The average Bonchev–Trinajstić information content (AvgIpc) is 2.40. The molecule has 0 aliphatic heterocycles. The zero-order valence-corrected chi connectivity index (χ0v) is 9.53. The fourth-order valence-electron chi connectivity index (χ4n) is 1.56. The maximum atomic E-state index is 4.91. The van der Waals surface area contributed by atoms with Crippen LogP contribution >= 0.6 is 0 Å². The lowest BCUT2D eigenvalue weighted by Crippen LogP contribution is -2.04. The topological polar surface area (TPSA) is 27.1 Å². The molecule has 0 saturated carbocycles. The summed E-state index contributed by atoms with van der Waals surface area (Å²) >= 11 is 0. The van der Waals surface area contributed by atoms with Crippen molar-refractivity contribution in [2.45, 2.75) is 33.7 Å². The summed E-state index contributed by atoms with van der Waals surface area (Å²) in [6.07, 6.45) is 3.64. The summed E-state index contributed by atoms with van der Waals surface area (Å²) in [5.41, 5.74) is 3.39. The number of rotatable bonds is 3. The van der Waals surface area contributed by atoms with Crippen LogP contribution in [0, 0.1) is 13.8 Å². The van der Waals surface area contributed by atoms with E-state index in [2.05, 4.69) is 25.9 Å². The number of aryl methyl sites for hydroxylation is 1. The molecule has 0 atom stereocenters. The van der Waals surface area contributed by atoms with Crippen LogP contribution in [0.4, 0.5) is 0 Å². The number of aromatic nitrogens is 2. The standard InChI is InChI=1S/C11H18N2O/c1-8(2)13-10(4)11(6-7-14-5)9(3)12-13/h6-8H,1-5H3/b7-6+. The molecule has 0 fully saturated rings. The van der Waals surface area contributed by atoms with Crippen LogP contribution in [0.25, 0.3) is 6.08 Å². The summed E-state index contributed by atoms with van der Waals surface area (Å²) in [7, 11) is 1.65. The first-order valence-electron chi connectivity index (χ1n) is 4.83. The number of hydrogen-bond donors (Lipinski definition) is 0. The molecule has 0 unspecified atom stereocenters.